The number of hydrogen-bond acceptors (Lipinski definition) is 1. The molecule has 2 aromatic carbocycles. The average molecular weight is 255 g/mol. The van der Waals surface area contributed by atoms with Gasteiger partial charge in [0.1, 0.15) is 0 Å². The number of fused-ring (bicyclic) bond motifs is 1. The van der Waals surface area contributed by atoms with Crippen molar-refractivity contribution < 1.29 is 0 Å². The van der Waals surface area contributed by atoms with Crippen molar-refractivity contribution in [2.75, 3.05) is 7.05 Å². The molecule has 0 spiro atoms. The molecule has 0 saturated carbocycles. The Morgan fingerprint density at radius 1 is 1.05 bits per heavy atom. The van der Waals surface area contributed by atoms with Gasteiger partial charge >= 0.3 is 0 Å². The summed E-state index contributed by atoms with van der Waals surface area (Å²) in [4.78, 5) is 0. The third-order valence-electron chi connectivity index (χ3n) is 4.09. The molecule has 0 fully saturated rings. The number of hydrogen-bond donors (Lipinski definition) is 1. The van der Waals surface area contributed by atoms with Crippen molar-refractivity contribution in [1.82, 2.24) is 5.32 Å². The smallest absolute Gasteiger partial charge is 0.0107 e. The van der Waals surface area contributed by atoms with Crippen LogP contribution in [0.15, 0.2) is 42.5 Å². The zero-order chi connectivity index (χ0) is 13.7. The number of benzene rings is 2. The lowest BCUT2D eigenvalue weighted by Gasteiger charge is -2.20. The molecule has 1 heteroatoms. The molecule has 0 aliphatic rings. The lowest BCUT2D eigenvalue weighted by Crippen LogP contribution is -2.29. The first-order chi connectivity index (χ1) is 9.22. The van der Waals surface area contributed by atoms with Crippen LogP contribution in [0.5, 0.6) is 0 Å². The summed E-state index contributed by atoms with van der Waals surface area (Å²) in [6, 6.07) is 16.0. The maximum atomic E-state index is 3.46. The second-order valence-electron chi connectivity index (χ2n) is 5.62. The van der Waals surface area contributed by atoms with E-state index in [1.807, 2.05) is 0 Å². The van der Waals surface area contributed by atoms with E-state index in [2.05, 4.69) is 68.7 Å². The fraction of sp³-hybridized carbons (Fsp3) is 0.444. The van der Waals surface area contributed by atoms with Crippen molar-refractivity contribution in [2.24, 2.45) is 5.92 Å². The van der Waals surface area contributed by atoms with Crippen LogP contribution >= 0.6 is 0 Å². The fourth-order valence-corrected chi connectivity index (χ4v) is 2.61. The van der Waals surface area contributed by atoms with Crippen molar-refractivity contribution in [3.8, 4) is 0 Å². The highest BCUT2D eigenvalue weighted by Crippen LogP contribution is 2.19. The largest absolute Gasteiger partial charge is 0.317 e. The molecular formula is C18H25N. The van der Waals surface area contributed by atoms with E-state index in [1.54, 1.807) is 0 Å². The Morgan fingerprint density at radius 3 is 2.47 bits per heavy atom. The zero-order valence-corrected chi connectivity index (χ0v) is 12.3. The van der Waals surface area contributed by atoms with Gasteiger partial charge in [-0.25, -0.2) is 0 Å². The lowest BCUT2D eigenvalue weighted by molar-refractivity contribution is 0.410. The molecule has 0 saturated heterocycles. The van der Waals surface area contributed by atoms with Gasteiger partial charge in [-0.1, -0.05) is 62.7 Å². The Bertz CT molecular complexity index is 518. The number of likely N-dealkylation sites (N-methyl/N-ethyl adjacent to an activating group) is 1. The van der Waals surface area contributed by atoms with Crippen LogP contribution in [0.25, 0.3) is 10.8 Å². The molecule has 2 unspecified atom stereocenters. The molecule has 0 radical (unpaired) electrons. The van der Waals surface area contributed by atoms with E-state index in [4.69, 9.17) is 0 Å². The monoisotopic (exact) mass is 255 g/mol. The van der Waals surface area contributed by atoms with E-state index >= 15 is 0 Å². The maximum absolute atomic E-state index is 3.46. The van der Waals surface area contributed by atoms with Crippen molar-refractivity contribution in [1.29, 1.82) is 0 Å². The number of nitrogens with one attached hydrogen (secondary N) is 1. The predicted octanol–water partition coefficient (Wildman–Crippen LogP) is 4.41. The standard InChI is InChI=1S/C18H25N/c1-4-14(2)11-18(19-3)13-15-9-10-16-7-5-6-8-17(16)12-15/h5-10,12,14,18-19H,4,11,13H2,1-3H3. The minimum atomic E-state index is 0.580. The molecule has 1 N–H and O–H groups in total. The Morgan fingerprint density at radius 2 is 1.79 bits per heavy atom. The molecule has 1 nitrogen and oxygen atoms in total. The summed E-state index contributed by atoms with van der Waals surface area (Å²) in [6.45, 7) is 4.61. The summed E-state index contributed by atoms with van der Waals surface area (Å²) in [5.41, 5.74) is 1.43. The Labute approximate surface area is 117 Å². The summed E-state index contributed by atoms with van der Waals surface area (Å²) >= 11 is 0. The molecule has 2 aromatic rings. The van der Waals surface area contributed by atoms with Crippen LogP contribution in [0, 0.1) is 5.92 Å². The molecular weight excluding hydrogens is 230 g/mol. The van der Waals surface area contributed by atoms with E-state index in [1.165, 1.54) is 29.2 Å². The molecule has 0 aliphatic carbocycles. The Balaban J connectivity index is 2.10. The van der Waals surface area contributed by atoms with Crippen LogP contribution in [0.4, 0.5) is 0 Å². The summed E-state index contributed by atoms with van der Waals surface area (Å²) in [5.74, 6) is 0.790. The van der Waals surface area contributed by atoms with E-state index in [9.17, 15) is 0 Å². The van der Waals surface area contributed by atoms with Crippen molar-refractivity contribution in [3.05, 3.63) is 48.0 Å². The molecule has 2 rings (SSSR count). The van der Waals surface area contributed by atoms with E-state index in [-0.39, 0.29) is 0 Å². The Hall–Kier alpha value is -1.34. The molecule has 102 valence electrons. The van der Waals surface area contributed by atoms with Gasteiger partial charge in [-0.3, -0.25) is 0 Å². The zero-order valence-electron chi connectivity index (χ0n) is 12.3. The summed E-state index contributed by atoms with van der Waals surface area (Å²) in [6.07, 6.45) is 3.63. The van der Waals surface area contributed by atoms with Gasteiger partial charge < -0.3 is 5.32 Å². The summed E-state index contributed by atoms with van der Waals surface area (Å²) in [5, 5.41) is 6.14. The van der Waals surface area contributed by atoms with Crippen molar-refractivity contribution in [2.45, 2.75) is 39.2 Å². The fourth-order valence-electron chi connectivity index (χ4n) is 2.61. The van der Waals surface area contributed by atoms with Crippen LogP contribution in [-0.2, 0) is 6.42 Å². The second kappa shape index (κ2) is 6.72. The van der Waals surface area contributed by atoms with Gasteiger partial charge in [-0.05, 0) is 42.1 Å². The highest BCUT2D eigenvalue weighted by molar-refractivity contribution is 5.82. The molecule has 2 atom stereocenters. The highest BCUT2D eigenvalue weighted by Gasteiger charge is 2.11. The van der Waals surface area contributed by atoms with Gasteiger partial charge in [0.05, 0.1) is 0 Å². The topological polar surface area (TPSA) is 12.0 Å². The third-order valence-corrected chi connectivity index (χ3v) is 4.09. The molecule has 0 aliphatic heterocycles. The second-order valence-corrected chi connectivity index (χ2v) is 5.62. The first kappa shape index (κ1) is 14.1. The first-order valence-corrected chi connectivity index (χ1v) is 7.38. The van der Waals surface area contributed by atoms with Crippen LogP contribution < -0.4 is 5.32 Å². The number of rotatable bonds is 6. The van der Waals surface area contributed by atoms with Crippen LogP contribution in [-0.4, -0.2) is 13.1 Å². The third kappa shape index (κ3) is 3.81. The minimum absolute atomic E-state index is 0.580. The van der Waals surface area contributed by atoms with Crippen LogP contribution in [0.2, 0.25) is 0 Å². The van der Waals surface area contributed by atoms with Gasteiger partial charge in [-0.2, -0.15) is 0 Å². The molecule has 19 heavy (non-hydrogen) atoms. The van der Waals surface area contributed by atoms with Crippen LogP contribution in [0.3, 0.4) is 0 Å². The molecule has 0 bridgehead atoms. The summed E-state index contributed by atoms with van der Waals surface area (Å²) in [7, 11) is 2.08. The van der Waals surface area contributed by atoms with E-state index < -0.39 is 0 Å². The van der Waals surface area contributed by atoms with Gasteiger partial charge in [-0.15, -0.1) is 0 Å². The quantitative estimate of drug-likeness (QED) is 0.806. The van der Waals surface area contributed by atoms with Gasteiger partial charge in [0, 0.05) is 6.04 Å². The first-order valence-electron chi connectivity index (χ1n) is 7.38. The predicted molar refractivity (Wildman–Crippen MR) is 84.6 cm³/mol. The average Bonchev–Trinajstić information content (AvgIpc) is 2.46. The maximum Gasteiger partial charge on any atom is 0.0107 e. The highest BCUT2D eigenvalue weighted by atomic mass is 14.9. The summed E-state index contributed by atoms with van der Waals surface area (Å²) < 4.78 is 0. The normalized spacial score (nSPS) is 14.5. The van der Waals surface area contributed by atoms with Crippen molar-refractivity contribution >= 4 is 10.8 Å². The van der Waals surface area contributed by atoms with Crippen molar-refractivity contribution in [3.63, 3.8) is 0 Å². The molecule has 0 amide bonds. The lowest BCUT2D eigenvalue weighted by atomic mass is 9.94. The molecule has 0 aromatic heterocycles. The van der Waals surface area contributed by atoms with Crippen LogP contribution in [0.1, 0.15) is 32.3 Å². The SMILES string of the molecule is CCC(C)CC(Cc1ccc2ccccc2c1)NC. The molecule has 0 heterocycles. The van der Waals surface area contributed by atoms with E-state index in [0.29, 0.717) is 6.04 Å². The minimum Gasteiger partial charge on any atom is -0.317 e. The van der Waals surface area contributed by atoms with E-state index in [0.717, 1.165) is 12.3 Å². The van der Waals surface area contributed by atoms with Gasteiger partial charge in [0.25, 0.3) is 0 Å². The van der Waals surface area contributed by atoms with Gasteiger partial charge in [0.2, 0.25) is 0 Å². The van der Waals surface area contributed by atoms with Gasteiger partial charge in [0.15, 0.2) is 0 Å². The Kier molecular flexibility index (Phi) is 4.98.